The number of rotatable bonds is 6. The van der Waals surface area contributed by atoms with E-state index >= 15 is 0 Å². The molecule has 0 saturated heterocycles. The number of aryl methyl sites for hydroxylation is 2. The number of carbonyl (C=O) groups excluding carboxylic acids is 1. The summed E-state index contributed by atoms with van der Waals surface area (Å²) >= 11 is 0. The predicted molar refractivity (Wildman–Crippen MR) is 81.9 cm³/mol. The molecule has 0 aliphatic heterocycles. The number of ketones is 1. The summed E-state index contributed by atoms with van der Waals surface area (Å²) < 4.78 is 44.0. The molecule has 2 heterocycles. The van der Waals surface area contributed by atoms with Crippen LogP contribution in [0.1, 0.15) is 33.2 Å². The zero-order chi connectivity index (χ0) is 18.1. The van der Waals surface area contributed by atoms with Gasteiger partial charge < -0.3 is 9.09 Å². The van der Waals surface area contributed by atoms with Crippen LogP contribution in [0.25, 0.3) is 0 Å². The van der Waals surface area contributed by atoms with Crippen LogP contribution >= 0.6 is 0 Å². The highest BCUT2D eigenvalue weighted by molar-refractivity contribution is 5.99. The van der Waals surface area contributed by atoms with Gasteiger partial charge in [0.25, 0.3) is 0 Å². The Hall–Kier alpha value is -2.09. The number of carbonyl (C=O) groups is 1. The van der Waals surface area contributed by atoms with E-state index in [0.717, 1.165) is 4.57 Å². The summed E-state index contributed by atoms with van der Waals surface area (Å²) in [4.78, 5) is 14.2. The van der Waals surface area contributed by atoms with E-state index in [2.05, 4.69) is 5.16 Å². The molecule has 132 valence electrons. The molecule has 0 spiro atoms. The van der Waals surface area contributed by atoms with Gasteiger partial charge in [0.1, 0.15) is 12.3 Å². The smallest absolute Gasteiger partial charge is 0.361 e. The predicted octanol–water partition coefficient (Wildman–Crippen LogP) is 3.28. The molecule has 0 aromatic carbocycles. The average Bonchev–Trinajstić information content (AvgIpc) is 2.95. The van der Waals surface area contributed by atoms with Crippen molar-refractivity contribution in [2.75, 3.05) is 13.6 Å². The first-order valence-electron chi connectivity index (χ1n) is 7.44. The molecule has 2 aromatic rings. The summed E-state index contributed by atoms with van der Waals surface area (Å²) in [6.45, 7) is 4.29. The molecule has 2 aromatic heterocycles. The Balaban J connectivity index is 2.08. The van der Waals surface area contributed by atoms with E-state index in [4.69, 9.17) is 4.52 Å². The number of alkyl halides is 3. The van der Waals surface area contributed by atoms with E-state index in [9.17, 15) is 18.0 Å². The third kappa shape index (κ3) is 4.47. The molecule has 0 bridgehead atoms. The number of Topliss-reactive ketones (excluding diaryl/α,β-unsaturated/α-hetero) is 1. The maximum absolute atomic E-state index is 12.6. The van der Waals surface area contributed by atoms with Gasteiger partial charge in [-0.1, -0.05) is 5.16 Å². The van der Waals surface area contributed by atoms with Crippen LogP contribution in [0.15, 0.2) is 16.7 Å². The minimum absolute atomic E-state index is 0.0855. The molecule has 2 rings (SSSR count). The van der Waals surface area contributed by atoms with Crippen molar-refractivity contribution in [1.82, 2.24) is 14.6 Å². The number of halogens is 3. The second-order valence-electron chi connectivity index (χ2n) is 6.01. The van der Waals surface area contributed by atoms with Crippen molar-refractivity contribution in [2.24, 2.45) is 0 Å². The molecule has 0 fully saturated rings. The van der Waals surface area contributed by atoms with Crippen molar-refractivity contribution in [3.8, 4) is 0 Å². The SMILES string of the molecule is Cc1cc(CN(C)CC(=O)c2cc(C)n(CC(F)(F)F)c2C)no1. The van der Waals surface area contributed by atoms with Crippen molar-refractivity contribution in [3.63, 3.8) is 0 Å². The van der Waals surface area contributed by atoms with Gasteiger partial charge in [0, 0.05) is 29.6 Å². The number of nitrogens with zero attached hydrogens (tertiary/aromatic N) is 3. The van der Waals surface area contributed by atoms with E-state index < -0.39 is 12.7 Å². The van der Waals surface area contributed by atoms with Crippen LogP contribution < -0.4 is 0 Å². The molecule has 0 amide bonds. The second-order valence-corrected chi connectivity index (χ2v) is 6.01. The first-order chi connectivity index (χ1) is 11.1. The van der Waals surface area contributed by atoms with Gasteiger partial charge in [-0.2, -0.15) is 13.2 Å². The third-order valence-corrected chi connectivity index (χ3v) is 3.73. The number of aromatic nitrogens is 2. The summed E-state index contributed by atoms with van der Waals surface area (Å²) in [5.74, 6) is 0.458. The second kappa shape index (κ2) is 6.80. The maximum Gasteiger partial charge on any atom is 0.406 e. The van der Waals surface area contributed by atoms with Gasteiger partial charge in [-0.15, -0.1) is 0 Å². The molecular weight excluding hydrogens is 323 g/mol. The van der Waals surface area contributed by atoms with Gasteiger partial charge >= 0.3 is 6.18 Å². The molecule has 5 nitrogen and oxygen atoms in total. The van der Waals surface area contributed by atoms with Crippen molar-refractivity contribution >= 4 is 5.78 Å². The van der Waals surface area contributed by atoms with Gasteiger partial charge in [0.15, 0.2) is 5.78 Å². The van der Waals surface area contributed by atoms with E-state index in [1.165, 1.54) is 13.0 Å². The number of likely N-dealkylation sites (N-methyl/N-ethyl adjacent to an activating group) is 1. The number of hydrogen-bond donors (Lipinski definition) is 0. The van der Waals surface area contributed by atoms with E-state index in [-0.39, 0.29) is 12.3 Å². The van der Waals surface area contributed by atoms with Crippen LogP contribution in [0.2, 0.25) is 0 Å². The van der Waals surface area contributed by atoms with Gasteiger partial charge in [-0.05, 0) is 33.9 Å². The van der Waals surface area contributed by atoms with Crippen LogP contribution in [-0.2, 0) is 13.1 Å². The lowest BCUT2D eigenvalue weighted by atomic mass is 10.1. The lowest BCUT2D eigenvalue weighted by molar-refractivity contribution is -0.141. The normalized spacial score (nSPS) is 12.2. The summed E-state index contributed by atoms with van der Waals surface area (Å²) in [5, 5.41) is 3.85. The van der Waals surface area contributed by atoms with Crippen molar-refractivity contribution in [3.05, 3.63) is 40.5 Å². The highest BCUT2D eigenvalue weighted by Gasteiger charge is 2.30. The van der Waals surface area contributed by atoms with Gasteiger partial charge in [-0.25, -0.2) is 0 Å². The van der Waals surface area contributed by atoms with Crippen LogP contribution in [0.5, 0.6) is 0 Å². The highest BCUT2D eigenvalue weighted by atomic mass is 19.4. The summed E-state index contributed by atoms with van der Waals surface area (Å²) in [6.07, 6.45) is -4.32. The molecule has 0 aliphatic rings. The molecular formula is C16H20F3N3O2. The standard InChI is InChI=1S/C16H20F3N3O2/c1-10-5-14(12(3)22(10)9-16(17,18)19)15(23)8-21(4)7-13-6-11(2)24-20-13/h5-6H,7-9H2,1-4H3. The van der Waals surface area contributed by atoms with Crippen molar-refractivity contribution in [2.45, 2.75) is 40.0 Å². The topological polar surface area (TPSA) is 51.3 Å². The Kier molecular flexibility index (Phi) is 5.17. The van der Waals surface area contributed by atoms with Crippen LogP contribution in [-0.4, -0.2) is 40.2 Å². The maximum atomic E-state index is 12.6. The minimum atomic E-state index is -4.32. The Morgan fingerprint density at radius 2 is 1.96 bits per heavy atom. The highest BCUT2D eigenvalue weighted by Crippen LogP contribution is 2.23. The first-order valence-corrected chi connectivity index (χ1v) is 7.44. The van der Waals surface area contributed by atoms with Gasteiger partial charge in [0.2, 0.25) is 0 Å². The van der Waals surface area contributed by atoms with E-state index in [0.29, 0.717) is 35.0 Å². The zero-order valence-corrected chi connectivity index (χ0v) is 14.1. The third-order valence-electron chi connectivity index (χ3n) is 3.73. The average molecular weight is 343 g/mol. The summed E-state index contributed by atoms with van der Waals surface area (Å²) in [5.41, 5.74) is 1.77. The lowest BCUT2D eigenvalue weighted by Crippen LogP contribution is -2.26. The van der Waals surface area contributed by atoms with Crippen LogP contribution in [0, 0.1) is 20.8 Å². The summed E-state index contributed by atoms with van der Waals surface area (Å²) in [7, 11) is 1.75. The molecule has 0 aliphatic carbocycles. The Morgan fingerprint density at radius 1 is 1.29 bits per heavy atom. The fourth-order valence-corrected chi connectivity index (χ4v) is 2.66. The van der Waals surface area contributed by atoms with E-state index in [1.807, 2.05) is 0 Å². The molecule has 8 heteroatoms. The molecule has 0 radical (unpaired) electrons. The fourth-order valence-electron chi connectivity index (χ4n) is 2.66. The molecule has 0 N–H and O–H groups in total. The van der Waals surface area contributed by atoms with Crippen molar-refractivity contribution in [1.29, 1.82) is 0 Å². The quantitative estimate of drug-likeness (QED) is 0.756. The summed E-state index contributed by atoms with van der Waals surface area (Å²) in [6, 6.07) is 3.29. The monoisotopic (exact) mass is 343 g/mol. The van der Waals surface area contributed by atoms with Gasteiger partial charge in [-0.3, -0.25) is 9.69 Å². The molecule has 0 atom stereocenters. The van der Waals surface area contributed by atoms with E-state index in [1.54, 1.807) is 31.9 Å². The van der Waals surface area contributed by atoms with Crippen molar-refractivity contribution < 1.29 is 22.5 Å². The molecule has 0 unspecified atom stereocenters. The Bertz CT molecular complexity index is 731. The minimum Gasteiger partial charge on any atom is -0.361 e. The zero-order valence-electron chi connectivity index (χ0n) is 14.1. The van der Waals surface area contributed by atoms with Crippen LogP contribution in [0.4, 0.5) is 13.2 Å². The number of hydrogen-bond acceptors (Lipinski definition) is 4. The Morgan fingerprint density at radius 3 is 2.50 bits per heavy atom. The lowest BCUT2D eigenvalue weighted by Gasteiger charge is -2.15. The molecule has 0 saturated carbocycles. The van der Waals surface area contributed by atoms with Crippen LogP contribution in [0.3, 0.4) is 0 Å². The first kappa shape index (κ1) is 18.3. The molecule has 24 heavy (non-hydrogen) atoms. The largest absolute Gasteiger partial charge is 0.406 e. The fraction of sp³-hybridized carbons (Fsp3) is 0.500. The Labute approximate surface area is 138 Å². The van der Waals surface area contributed by atoms with Gasteiger partial charge in [0.05, 0.1) is 12.2 Å².